The summed E-state index contributed by atoms with van der Waals surface area (Å²) in [5, 5.41) is 2.98. The number of nitrogens with one attached hydrogen (secondary N) is 1. The molecule has 1 unspecified atom stereocenters. The van der Waals surface area contributed by atoms with E-state index in [1.807, 2.05) is 13.0 Å². The van der Waals surface area contributed by atoms with Crippen molar-refractivity contribution >= 4 is 5.91 Å². The maximum absolute atomic E-state index is 11.0. The molecule has 1 aromatic heterocycles. The molecule has 1 heterocycles. The smallest absolute Gasteiger partial charge is 0.239 e. The number of hydrogen-bond acceptors (Lipinski definition) is 3. The Morgan fingerprint density at radius 2 is 2.54 bits per heavy atom. The zero-order valence-corrected chi connectivity index (χ0v) is 7.53. The molecule has 0 aliphatic carbocycles. The summed E-state index contributed by atoms with van der Waals surface area (Å²) in [5.74, 6) is -0.380. The monoisotopic (exact) mass is 179 g/mol. The fourth-order valence-electron chi connectivity index (χ4n) is 1.13. The van der Waals surface area contributed by atoms with Gasteiger partial charge in [0.15, 0.2) is 0 Å². The Bertz CT molecular complexity index is 273. The van der Waals surface area contributed by atoms with Crippen LogP contribution in [0.15, 0.2) is 24.5 Å². The normalized spacial score (nSPS) is 12.4. The van der Waals surface area contributed by atoms with Gasteiger partial charge in [-0.25, -0.2) is 0 Å². The predicted molar refractivity (Wildman–Crippen MR) is 49.8 cm³/mol. The number of rotatable bonds is 4. The summed E-state index contributed by atoms with van der Waals surface area (Å²) < 4.78 is 0. The van der Waals surface area contributed by atoms with Gasteiger partial charge < -0.3 is 11.1 Å². The molecule has 0 aliphatic heterocycles. The van der Waals surface area contributed by atoms with Crippen molar-refractivity contribution in [3.63, 3.8) is 0 Å². The molecule has 70 valence electrons. The van der Waals surface area contributed by atoms with E-state index in [1.54, 1.807) is 18.5 Å². The van der Waals surface area contributed by atoms with Crippen LogP contribution < -0.4 is 11.1 Å². The van der Waals surface area contributed by atoms with Gasteiger partial charge in [-0.3, -0.25) is 9.78 Å². The summed E-state index contributed by atoms with van der Waals surface area (Å²) >= 11 is 0. The van der Waals surface area contributed by atoms with E-state index < -0.39 is 6.04 Å². The molecule has 0 radical (unpaired) electrons. The first-order chi connectivity index (χ1) is 6.25. The van der Waals surface area contributed by atoms with Crippen LogP contribution in [-0.2, 0) is 4.79 Å². The average molecular weight is 179 g/mol. The Morgan fingerprint density at radius 1 is 1.77 bits per heavy atom. The molecule has 3 N–H and O–H groups in total. The van der Waals surface area contributed by atoms with Crippen LogP contribution in [0.25, 0.3) is 0 Å². The highest BCUT2D eigenvalue weighted by molar-refractivity contribution is 5.81. The molecule has 0 spiro atoms. The van der Waals surface area contributed by atoms with Crippen LogP contribution in [0.2, 0.25) is 0 Å². The van der Waals surface area contributed by atoms with Gasteiger partial charge in [0.25, 0.3) is 0 Å². The number of carbonyl (C=O) groups excluding carboxylic acids is 1. The first-order valence-corrected chi connectivity index (χ1v) is 4.18. The Kier molecular flexibility index (Phi) is 3.40. The molecule has 0 saturated carbocycles. The van der Waals surface area contributed by atoms with Crippen LogP contribution in [-0.4, -0.2) is 17.4 Å². The Labute approximate surface area is 77.2 Å². The summed E-state index contributed by atoms with van der Waals surface area (Å²) in [7, 11) is 0. The molecule has 0 bridgehead atoms. The van der Waals surface area contributed by atoms with Crippen molar-refractivity contribution in [2.45, 2.75) is 13.0 Å². The van der Waals surface area contributed by atoms with Crippen LogP contribution in [0, 0.1) is 0 Å². The van der Waals surface area contributed by atoms with Crippen molar-refractivity contribution in [3.8, 4) is 0 Å². The molecule has 1 amide bonds. The quantitative estimate of drug-likeness (QED) is 0.694. The molecular weight excluding hydrogens is 166 g/mol. The topological polar surface area (TPSA) is 68.0 Å². The lowest BCUT2D eigenvalue weighted by Gasteiger charge is -2.13. The van der Waals surface area contributed by atoms with Gasteiger partial charge in [-0.05, 0) is 18.2 Å². The third-order valence-electron chi connectivity index (χ3n) is 1.71. The van der Waals surface area contributed by atoms with Gasteiger partial charge in [-0.1, -0.05) is 13.0 Å². The van der Waals surface area contributed by atoms with Crippen molar-refractivity contribution in [2.24, 2.45) is 5.73 Å². The second-order valence-corrected chi connectivity index (χ2v) is 2.68. The standard InChI is InChI=1S/C9H13N3O/c1-2-12-8(9(10)13)7-4-3-5-11-6-7/h3-6,8,12H,2H2,1H3,(H2,10,13). The predicted octanol–water partition coefficient (Wildman–Crippen LogP) is 0.217. The average Bonchev–Trinajstić information content (AvgIpc) is 2.15. The number of amides is 1. The molecule has 0 aliphatic rings. The van der Waals surface area contributed by atoms with Crippen molar-refractivity contribution in [2.75, 3.05) is 6.54 Å². The number of likely N-dealkylation sites (N-methyl/N-ethyl adjacent to an activating group) is 1. The first-order valence-electron chi connectivity index (χ1n) is 4.18. The highest BCUT2D eigenvalue weighted by atomic mass is 16.1. The Morgan fingerprint density at radius 3 is 3.00 bits per heavy atom. The van der Waals surface area contributed by atoms with Crippen molar-refractivity contribution in [1.29, 1.82) is 0 Å². The number of hydrogen-bond donors (Lipinski definition) is 2. The van der Waals surface area contributed by atoms with Crippen LogP contribution >= 0.6 is 0 Å². The highest BCUT2D eigenvalue weighted by Crippen LogP contribution is 2.09. The second kappa shape index (κ2) is 4.57. The molecule has 4 nitrogen and oxygen atoms in total. The lowest BCUT2D eigenvalue weighted by Crippen LogP contribution is -2.33. The van der Waals surface area contributed by atoms with Crippen molar-refractivity contribution in [1.82, 2.24) is 10.3 Å². The lowest BCUT2D eigenvalue weighted by molar-refractivity contribution is -0.120. The largest absolute Gasteiger partial charge is 0.368 e. The van der Waals surface area contributed by atoms with Gasteiger partial charge in [0, 0.05) is 12.4 Å². The maximum atomic E-state index is 11.0. The van der Waals surface area contributed by atoms with E-state index in [9.17, 15) is 4.79 Å². The van der Waals surface area contributed by atoms with Gasteiger partial charge in [0.2, 0.25) is 5.91 Å². The lowest BCUT2D eigenvalue weighted by atomic mass is 10.1. The fraction of sp³-hybridized carbons (Fsp3) is 0.333. The minimum atomic E-state index is -0.432. The van der Waals surface area contributed by atoms with Crippen molar-refractivity contribution in [3.05, 3.63) is 30.1 Å². The van der Waals surface area contributed by atoms with Crippen molar-refractivity contribution < 1.29 is 4.79 Å². The highest BCUT2D eigenvalue weighted by Gasteiger charge is 2.15. The molecule has 1 atom stereocenters. The number of carbonyl (C=O) groups is 1. The first kappa shape index (κ1) is 9.67. The number of nitrogens with two attached hydrogens (primary N) is 1. The summed E-state index contributed by atoms with van der Waals surface area (Å²) in [5.41, 5.74) is 6.03. The molecule has 4 heteroatoms. The van der Waals surface area contributed by atoms with Crippen LogP contribution in [0.5, 0.6) is 0 Å². The van der Waals surface area contributed by atoms with Crippen LogP contribution in [0.1, 0.15) is 18.5 Å². The Hall–Kier alpha value is -1.42. The molecule has 1 rings (SSSR count). The van der Waals surface area contributed by atoms with E-state index in [-0.39, 0.29) is 5.91 Å². The minimum Gasteiger partial charge on any atom is -0.368 e. The van der Waals surface area contributed by atoms with E-state index in [0.29, 0.717) is 6.54 Å². The van der Waals surface area contributed by atoms with E-state index in [1.165, 1.54) is 0 Å². The zero-order valence-electron chi connectivity index (χ0n) is 7.53. The number of nitrogens with zero attached hydrogens (tertiary/aromatic N) is 1. The third kappa shape index (κ3) is 2.52. The summed E-state index contributed by atoms with van der Waals surface area (Å²) in [6.45, 7) is 2.62. The fourth-order valence-corrected chi connectivity index (χ4v) is 1.13. The molecule has 0 fully saturated rings. The van der Waals surface area contributed by atoms with E-state index >= 15 is 0 Å². The SMILES string of the molecule is CCNC(C(N)=O)c1cccnc1. The van der Waals surface area contributed by atoms with Crippen LogP contribution in [0.3, 0.4) is 0 Å². The second-order valence-electron chi connectivity index (χ2n) is 2.68. The van der Waals surface area contributed by atoms with Crippen LogP contribution in [0.4, 0.5) is 0 Å². The maximum Gasteiger partial charge on any atom is 0.239 e. The van der Waals surface area contributed by atoms with Gasteiger partial charge in [0.1, 0.15) is 6.04 Å². The van der Waals surface area contributed by atoms with E-state index in [4.69, 9.17) is 5.73 Å². The number of aromatic nitrogens is 1. The molecule has 1 aromatic rings. The number of pyridine rings is 1. The minimum absolute atomic E-state index is 0.380. The molecular formula is C9H13N3O. The molecule has 13 heavy (non-hydrogen) atoms. The third-order valence-corrected chi connectivity index (χ3v) is 1.71. The zero-order chi connectivity index (χ0) is 9.68. The molecule has 0 aromatic carbocycles. The molecule has 0 saturated heterocycles. The van der Waals surface area contributed by atoms with Gasteiger partial charge in [-0.15, -0.1) is 0 Å². The summed E-state index contributed by atoms with van der Waals surface area (Å²) in [6, 6.07) is 3.17. The summed E-state index contributed by atoms with van der Waals surface area (Å²) in [4.78, 5) is 14.9. The Balaban J connectivity index is 2.82. The van der Waals surface area contributed by atoms with E-state index in [2.05, 4.69) is 10.3 Å². The van der Waals surface area contributed by atoms with Gasteiger partial charge >= 0.3 is 0 Å². The number of primary amides is 1. The summed E-state index contributed by atoms with van der Waals surface area (Å²) in [6.07, 6.45) is 3.30. The van der Waals surface area contributed by atoms with Gasteiger partial charge in [0.05, 0.1) is 0 Å². The van der Waals surface area contributed by atoms with E-state index in [0.717, 1.165) is 5.56 Å². The van der Waals surface area contributed by atoms with Gasteiger partial charge in [-0.2, -0.15) is 0 Å².